The van der Waals surface area contributed by atoms with Crippen molar-refractivity contribution in [2.24, 2.45) is 0 Å². The molecule has 1 aromatic heterocycles. The summed E-state index contributed by atoms with van der Waals surface area (Å²) in [5.41, 5.74) is 0. The smallest absolute Gasteiger partial charge is 0.151 e. The maximum atomic E-state index is 11.4. The predicted molar refractivity (Wildman–Crippen MR) is 69.0 cm³/mol. The van der Waals surface area contributed by atoms with E-state index in [0.717, 1.165) is 17.7 Å². The maximum absolute atomic E-state index is 11.4. The van der Waals surface area contributed by atoms with Crippen LogP contribution in [-0.2, 0) is 9.84 Å². The van der Waals surface area contributed by atoms with Crippen LogP contribution in [0.4, 0.5) is 0 Å². The number of nitrogens with one attached hydrogen (secondary N) is 1. The van der Waals surface area contributed by atoms with E-state index in [9.17, 15) is 13.5 Å². The molecule has 0 radical (unpaired) electrons. The number of thiophene rings is 1. The summed E-state index contributed by atoms with van der Waals surface area (Å²) in [4.78, 5) is 0.913. The zero-order valence-electron chi connectivity index (χ0n) is 9.50. The fraction of sp³-hybridized carbons (Fsp3) is 0.636. The summed E-state index contributed by atoms with van der Waals surface area (Å²) in [6.45, 7) is 0.417. The Morgan fingerprint density at radius 1 is 1.59 bits per heavy atom. The summed E-state index contributed by atoms with van der Waals surface area (Å²) in [7, 11) is -2.88. The molecule has 2 unspecified atom stereocenters. The summed E-state index contributed by atoms with van der Waals surface area (Å²) in [6.07, 6.45) is 1.05. The van der Waals surface area contributed by atoms with Crippen LogP contribution in [0, 0.1) is 0 Å². The molecule has 1 aliphatic heterocycles. The van der Waals surface area contributed by atoms with Gasteiger partial charge in [0, 0.05) is 17.5 Å². The first-order valence-electron chi connectivity index (χ1n) is 5.72. The fourth-order valence-electron chi connectivity index (χ4n) is 2.04. The Bertz CT molecular complexity index is 441. The molecule has 1 aromatic rings. The third-order valence-electron chi connectivity index (χ3n) is 2.93. The van der Waals surface area contributed by atoms with Gasteiger partial charge < -0.3 is 10.4 Å². The van der Waals surface area contributed by atoms with E-state index in [1.807, 2.05) is 17.5 Å². The third kappa shape index (κ3) is 3.77. The van der Waals surface area contributed by atoms with Crippen LogP contribution in [-0.4, -0.2) is 37.6 Å². The molecular weight excluding hydrogens is 258 g/mol. The van der Waals surface area contributed by atoms with E-state index in [2.05, 4.69) is 5.32 Å². The van der Waals surface area contributed by atoms with Gasteiger partial charge in [0.25, 0.3) is 0 Å². The highest BCUT2D eigenvalue weighted by Gasteiger charge is 2.24. The first kappa shape index (κ1) is 13.0. The van der Waals surface area contributed by atoms with E-state index in [1.165, 1.54) is 11.3 Å². The Balaban J connectivity index is 1.82. The summed E-state index contributed by atoms with van der Waals surface area (Å²) < 4.78 is 22.9. The number of rotatable bonds is 4. The van der Waals surface area contributed by atoms with Gasteiger partial charge in [0.2, 0.25) is 0 Å². The van der Waals surface area contributed by atoms with E-state index in [0.29, 0.717) is 12.3 Å². The highest BCUT2D eigenvalue weighted by atomic mass is 32.2. The van der Waals surface area contributed by atoms with Gasteiger partial charge in [0.15, 0.2) is 9.84 Å². The third-order valence-corrected chi connectivity index (χ3v) is 5.73. The molecule has 0 aliphatic carbocycles. The van der Waals surface area contributed by atoms with Crippen LogP contribution in [0.15, 0.2) is 17.5 Å². The summed E-state index contributed by atoms with van der Waals surface area (Å²) in [5, 5.41) is 14.9. The quantitative estimate of drug-likeness (QED) is 0.858. The molecule has 0 spiro atoms. The van der Waals surface area contributed by atoms with Crippen LogP contribution in [0.25, 0.3) is 0 Å². The largest absolute Gasteiger partial charge is 0.386 e. The molecule has 0 aromatic carbocycles. The Kier molecular flexibility index (Phi) is 4.19. The van der Waals surface area contributed by atoms with Gasteiger partial charge >= 0.3 is 0 Å². The van der Waals surface area contributed by atoms with Gasteiger partial charge in [-0.15, -0.1) is 11.3 Å². The minimum absolute atomic E-state index is 0.0108. The molecule has 2 N–H and O–H groups in total. The van der Waals surface area contributed by atoms with Crippen LogP contribution in [0.1, 0.15) is 23.8 Å². The van der Waals surface area contributed by atoms with Crippen LogP contribution in [0.2, 0.25) is 0 Å². The Morgan fingerprint density at radius 3 is 3.06 bits per heavy atom. The molecule has 4 nitrogen and oxygen atoms in total. The summed E-state index contributed by atoms with van der Waals surface area (Å²) >= 11 is 1.51. The van der Waals surface area contributed by atoms with E-state index in [4.69, 9.17) is 0 Å². The normalized spacial score (nSPS) is 25.6. The summed E-state index contributed by atoms with van der Waals surface area (Å²) in [5.74, 6) is 0.503. The minimum atomic E-state index is -2.88. The molecule has 1 aliphatic rings. The standard InChI is InChI=1S/C11H17NO3S2/c13-10(11-4-1-5-16-11)7-12-9-3-2-6-17(14,15)8-9/h1,4-5,9-10,12-13H,2-3,6-8H2. The summed E-state index contributed by atoms with van der Waals surface area (Å²) in [6, 6.07) is 3.77. The molecule has 0 amide bonds. The number of aliphatic hydroxyl groups excluding tert-OH is 1. The molecule has 0 bridgehead atoms. The van der Waals surface area contributed by atoms with Crippen molar-refractivity contribution < 1.29 is 13.5 Å². The van der Waals surface area contributed by atoms with Crippen molar-refractivity contribution in [1.82, 2.24) is 5.32 Å². The van der Waals surface area contributed by atoms with Gasteiger partial charge in [-0.25, -0.2) is 8.42 Å². The Hall–Kier alpha value is -0.430. The van der Waals surface area contributed by atoms with E-state index in [-0.39, 0.29) is 11.8 Å². The Morgan fingerprint density at radius 2 is 2.41 bits per heavy atom. The zero-order chi connectivity index (χ0) is 12.3. The molecule has 6 heteroatoms. The fourth-order valence-corrected chi connectivity index (χ4v) is 4.43. The van der Waals surface area contributed by atoms with Gasteiger partial charge in [-0.1, -0.05) is 6.07 Å². The number of hydrogen-bond acceptors (Lipinski definition) is 5. The van der Waals surface area contributed by atoms with Gasteiger partial charge in [0.05, 0.1) is 11.5 Å². The van der Waals surface area contributed by atoms with Gasteiger partial charge in [0.1, 0.15) is 6.10 Å². The monoisotopic (exact) mass is 275 g/mol. The van der Waals surface area contributed by atoms with Crippen LogP contribution in [0.5, 0.6) is 0 Å². The van der Waals surface area contributed by atoms with Crippen molar-refractivity contribution in [2.75, 3.05) is 18.1 Å². The Labute approximate surface area is 106 Å². The molecule has 2 atom stereocenters. The van der Waals surface area contributed by atoms with Crippen molar-refractivity contribution >= 4 is 21.2 Å². The molecule has 0 saturated carbocycles. The van der Waals surface area contributed by atoms with Crippen molar-refractivity contribution in [1.29, 1.82) is 0 Å². The zero-order valence-corrected chi connectivity index (χ0v) is 11.1. The number of aliphatic hydroxyl groups is 1. The predicted octanol–water partition coefficient (Wildman–Crippen LogP) is 0.948. The molecule has 1 saturated heterocycles. The second-order valence-corrected chi connectivity index (χ2v) is 7.60. The van der Waals surface area contributed by atoms with Crippen molar-refractivity contribution in [3.8, 4) is 0 Å². The van der Waals surface area contributed by atoms with E-state index in [1.54, 1.807) is 0 Å². The van der Waals surface area contributed by atoms with Gasteiger partial charge in [-0.05, 0) is 24.3 Å². The lowest BCUT2D eigenvalue weighted by Gasteiger charge is -2.24. The average Bonchev–Trinajstić information content (AvgIpc) is 2.78. The molecular formula is C11H17NO3S2. The van der Waals surface area contributed by atoms with Gasteiger partial charge in [-0.3, -0.25) is 0 Å². The van der Waals surface area contributed by atoms with E-state index >= 15 is 0 Å². The molecule has 1 fully saturated rings. The van der Waals surface area contributed by atoms with Crippen molar-refractivity contribution in [3.63, 3.8) is 0 Å². The first-order valence-corrected chi connectivity index (χ1v) is 8.42. The SMILES string of the molecule is O=S1(=O)CCCC(NCC(O)c2cccs2)C1. The highest BCUT2D eigenvalue weighted by Crippen LogP contribution is 2.19. The van der Waals surface area contributed by atoms with Crippen LogP contribution >= 0.6 is 11.3 Å². The topological polar surface area (TPSA) is 66.4 Å². The number of hydrogen-bond donors (Lipinski definition) is 2. The van der Waals surface area contributed by atoms with Crippen LogP contribution < -0.4 is 5.32 Å². The highest BCUT2D eigenvalue weighted by molar-refractivity contribution is 7.91. The lowest BCUT2D eigenvalue weighted by molar-refractivity contribution is 0.173. The van der Waals surface area contributed by atoms with Crippen molar-refractivity contribution in [3.05, 3.63) is 22.4 Å². The van der Waals surface area contributed by atoms with Gasteiger partial charge in [-0.2, -0.15) is 0 Å². The minimum Gasteiger partial charge on any atom is -0.386 e. The van der Waals surface area contributed by atoms with E-state index < -0.39 is 15.9 Å². The molecule has 96 valence electrons. The second kappa shape index (κ2) is 5.48. The number of sulfone groups is 1. The molecule has 17 heavy (non-hydrogen) atoms. The second-order valence-electron chi connectivity index (χ2n) is 4.39. The molecule has 2 heterocycles. The van der Waals surface area contributed by atoms with Crippen LogP contribution in [0.3, 0.4) is 0 Å². The average molecular weight is 275 g/mol. The lowest BCUT2D eigenvalue weighted by Crippen LogP contribution is -2.41. The first-order chi connectivity index (χ1) is 8.07. The lowest BCUT2D eigenvalue weighted by atomic mass is 10.2. The molecule has 2 rings (SSSR count). The van der Waals surface area contributed by atoms with Crippen molar-refractivity contribution in [2.45, 2.75) is 25.0 Å². The maximum Gasteiger partial charge on any atom is 0.151 e.